The lowest BCUT2D eigenvalue weighted by molar-refractivity contribution is 0.352. The first kappa shape index (κ1) is 14.2. The average Bonchev–Trinajstić information content (AvgIpc) is 3.31. The van der Waals surface area contributed by atoms with Crippen LogP contribution in [0.2, 0.25) is 0 Å². The molecule has 3 rings (SSSR count). The fraction of sp³-hybridized carbons (Fsp3) is 0.625. The number of ether oxygens (including phenoxy) is 2. The number of hydrogen-bond acceptors (Lipinski definition) is 3. The normalized spacial score (nSPS) is 18.4. The van der Waals surface area contributed by atoms with Crippen molar-refractivity contribution in [1.82, 2.24) is 5.32 Å². The molecule has 1 N–H and O–H groups in total. The third kappa shape index (κ3) is 3.12. The molecule has 20 heavy (non-hydrogen) atoms. The summed E-state index contributed by atoms with van der Waals surface area (Å²) in [4.78, 5) is 0. The monoisotopic (exact) mass is 339 g/mol. The van der Waals surface area contributed by atoms with Crippen LogP contribution < -0.4 is 14.8 Å². The molecule has 0 unspecified atom stereocenters. The van der Waals surface area contributed by atoms with Gasteiger partial charge in [0.25, 0.3) is 0 Å². The Kier molecular flexibility index (Phi) is 4.22. The fourth-order valence-corrected chi connectivity index (χ4v) is 3.59. The molecule has 2 aliphatic rings. The van der Waals surface area contributed by atoms with E-state index in [1.165, 1.54) is 31.2 Å². The lowest BCUT2D eigenvalue weighted by Crippen LogP contribution is -2.32. The van der Waals surface area contributed by atoms with E-state index >= 15 is 0 Å². The van der Waals surface area contributed by atoms with Crippen molar-refractivity contribution in [3.05, 3.63) is 22.2 Å². The first-order valence-electron chi connectivity index (χ1n) is 7.36. The van der Waals surface area contributed by atoms with Crippen molar-refractivity contribution in [1.29, 1.82) is 0 Å². The van der Waals surface area contributed by atoms with Gasteiger partial charge in [0.15, 0.2) is 11.5 Å². The number of methoxy groups -OCH3 is 2. The molecular weight excluding hydrogens is 318 g/mol. The topological polar surface area (TPSA) is 30.5 Å². The van der Waals surface area contributed by atoms with Crippen LogP contribution in [0.4, 0.5) is 0 Å². The second-order valence-electron chi connectivity index (χ2n) is 5.89. The van der Waals surface area contributed by atoms with Crippen LogP contribution in [0.25, 0.3) is 0 Å². The van der Waals surface area contributed by atoms with E-state index in [0.29, 0.717) is 0 Å². The van der Waals surface area contributed by atoms with E-state index in [1.54, 1.807) is 14.2 Å². The molecule has 4 heteroatoms. The third-order valence-corrected chi connectivity index (χ3v) is 4.88. The van der Waals surface area contributed by atoms with Gasteiger partial charge in [0.05, 0.1) is 18.7 Å². The summed E-state index contributed by atoms with van der Waals surface area (Å²) in [5.74, 6) is 3.39. The van der Waals surface area contributed by atoms with Gasteiger partial charge < -0.3 is 14.8 Å². The smallest absolute Gasteiger partial charge is 0.174 e. The van der Waals surface area contributed by atoms with Gasteiger partial charge in [-0.1, -0.05) is 0 Å². The highest BCUT2D eigenvalue weighted by Crippen LogP contribution is 2.44. The van der Waals surface area contributed by atoms with Crippen molar-refractivity contribution in [2.45, 2.75) is 38.3 Å². The minimum Gasteiger partial charge on any atom is -0.493 e. The lowest BCUT2D eigenvalue weighted by Gasteiger charge is -2.18. The molecule has 3 nitrogen and oxygen atoms in total. The highest BCUT2D eigenvalue weighted by molar-refractivity contribution is 9.10. The minimum absolute atomic E-state index is 0.724. The van der Waals surface area contributed by atoms with Crippen LogP contribution in [0.5, 0.6) is 11.5 Å². The van der Waals surface area contributed by atoms with Crippen LogP contribution in [-0.4, -0.2) is 20.3 Å². The molecule has 2 saturated carbocycles. The Morgan fingerprint density at radius 2 is 1.80 bits per heavy atom. The Morgan fingerprint density at radius 3 is 2.30 bits per heavy atom. The van der Waals surface area contributed by atoms with Gasteiger partial charge in [-0.15, -0.1) is 0 Å². The zero-order valence-corrected chi connectivity index (χ0v) is 13.7. The van der Waals surface area contributed by atoms with Crippen molar-refractivity contribution >= 4 is 15.9 Å². The highest BCUT2D eigenvalue weighted by Gasteiger charge is 2.40. The van der Waals surface area contributed by atoms with Crippen molar-refractivity contribution in [3.63, 3.8) is 0 Å². The number of benzene rings is 1. The molecule has 1 aromatic carbocycles. The Bertz CT molecular complexity index is 472. The van der Waals surface area contributed by atoms with Gasteiger partial charge in [0, 0.05) is 12.6 Å². The van der Waals surface area contributed by atoms with E-state index in [4.69, 9.17) is 9.47 Å². The average molecular weight is 340 g/mol. The van der Waals surface area contributed by atoms with Crippen molar-refractivity contribution in [2.75, 3.05) is 14.2 Å². The summed E-state index contributed by atoms with van der Waals surface area (Å²) in [5, 5.41) is 3.76. The van der Waals surface area contributed by atoms with E-state index in [2.05, 4.69) is 33.4 Å². The summed E-state index contributed by atoms with van der Waals surface area (Å²) >= 11 is 3.56. The molecule has 0 radical (unpaired) electrons. The maximum absolute atomic E-state index is 5.40. The zero-order valence-electron chi connectivity index (χ0n) is 12.1. The van der Waals surface area contributed by atoms with Crippen molar-refractivity contribution in [2.24, 2.45) is 11.8 Å². The summed E-state index contributed by atoms with van der Waals surface area (Å²) in [5.41, 5.74) is 1.24. The Balaban J connectivity index is 1.68. The van der Waals surface area contributed by atoms with Gasteiger partial charge in [-0.2, -0.15) is 0 Å². The summed E-state index contributed by atoms with van der Waals surface area (Å²) in [6.07, 6.45) is 5.63. The standard InChI is InChI=1S/C16H22BrNO2/c1-19-14-8-10(7-13(17)16(14)20-2)9-18-15(11-3-4-11)12-5-6-12/h7-8,11-12,15,18H,3-6,9H2,1-2H3. The molecule has 0 heterocycles. The van der Waals surface area contributed by atoms with E-state index in [9.17, 15) is 0 Å². The molecule has 1 aromatic rings. The number of hydrogen-bond donors (Lipinski definition) is 1. The summed E-state index contributed by atoms with van der Waals surface area (Å²) < 4.78 is 11.7. The summed E-state index contributed by atoms with van der Waals surface area (Å²) in [7, 11) is 3.34. The van der Waals surface area contributed by atoms with Crippen LogP contribution in [0.1, 0.15) is 31.2 Å². The second-order valence-corrected chi connectivity index (χ2v) is 6.75. The van der Waals surface area contributed by atoms with Crippen LogP contribution >= 0.6 is 15.9 Å². The first-order valence-corrected chi connectivity index (χ1v) is 8.16. The zero-order chi connectivity index (χ0) is 14.1. The molecule has 0 amide bonds. The minimum atomic E-state index is 0.724. The molecule has 0 aromatic heterocycles. The van der Waals surface area contributed by atoms with Gasteiger partial charge in [-0.05, 0) is 71.1 Å². The molecule has 2 fully saturated rings. The number of rotatable bonds is 7. The van der Waals surface area contributed by atoms with E-state index in [0.717, 1.165) is 40.4 Å². The Labute approximate surface area is 129 Å². The first-order chi connectivity index (χ1) is 9.72. The SMILES string of the molecule is COc1cc(CNC(C2CC2)C2CC2)cc(Br)c1OC. The highest BCUT2D eigenvalue weighted by atomic mass is 79.9. The molecule has 2 aliphatic carbocycles. The Morgan fingerprint density at radius 1 is 1.15 bits per heavy atom. The molecule has 110 valence electrons. The summed E-state index contributed by atoms with van der Waals surface area (Å²) in [6, 6.07) is 4.90. The maximum Gasteiger partial charge on any atom is 0.174 e. The van der Waals surface area contributed by atoms with Crippen LogP contribution in [0, 0.1) is 11.8 Å². The van der Waals surface area contributed by atoms with Crippen LogP contribution in [0.3, 0.4) is 0 Å². The van der Waals surface area contributed by atoms with Gasteiger partial charge in [0.2, 0.25) is 0 Å². The summed E-state index contributed by atoms with van der Waals surface area (Å²) in [6.45, 7) is 0.899. The molecule has 0 aliphatic heterocycles. The van der Waals surface area contributed by atoms with Gasteiger partial charge in [0.1, 0.15) is 0 Å². The molecule has 0 atom stereocenters. The Hall–Kier alpha value is -0.740. The second kappa shape index (κ2) is 5.94. The molecule has 0 bridgehead atoms. The van der Waals surface area contributed by atoms with E-state index in [-0.39, 0.29) is 0 Å². The predicted molar refractivity (Wildman–Crippen MR) is 83.3 cm³/mol. The van der Waals surface area contributed by atoms with Crippen molar-refractivity contribution in [3.8, 4) is 11.5 Å². The van der Waals surface area contributed by atoms with Crippen LogP contribution in [0.15, 0.2) is 16.6 Å². The molecule has 0 spiro atoms. The van der Waals surface area contributed by atoms with Gasteiger partial charge >= 0.3 is 0 Å². The van der Waals surface area contributed by atoms with E-state index in [1.807, 2.05) is 0 Å². The molecule has 0 saturated heterocycles. The van der Waals surface area contributed by atoms with Gasteiger partial charge in [-0.25, -0.2) is 0 Å². The van der Waals surface area contributed by atoms with Crippen molar-refractivity contribution < 1.29 is 9.47 Å². The van der Waals surface area contributed by atoms with Crippen LogP contribution in [-0.2, 0) is 6.54 Å². The quantitative estimate of drug-likeness (QED) is 0.820. The predicted octanol–water partition coefficient (Wildman–Crippen LogP) is 3.74. The largest absolute Gasteiger partial charge is 0.493 e. The number of halogens is 1. The van der Waals surface area contributed by atoms with E-state index < -0.39 is 0 Å². The fourth-order valence-electron chi connectivity index (χ4n) is 2.94. The number of nitrogens with one attached hydrogen (secondary N) is 1. The maximum atomic E-state index is 5.40. The third-order valence-electron chi connectivity index (χ3n) is 4.29. The lowest BCUT2D eigenvalue weighted by atomic mass is 10.1. The molecular formula is C16H22BrNO2. The van der Waals surface area contributed by atoms with Gasteiger partial charge in [-0.3, -0.25) is 0 Å².